The van der Waals surface area contributed by atoms with Crippen LogP contribution in [0.25, 0.3) is 0 Å². The standard InChI is InChI=1S/C29H35F3O4/c1-3-35-22-12-15-26(25(30)16-22)36-29(34)21-10-8-20(9-11-21)24-14-13-23(27(31)28(24)32)19-6-4-18(5-7-19)17(2)33/h12-21,33H,3-11H2,1-2H3. The Balaban J connectivity index is 1.35. The third-order valence-electron chi connectivity index (χ3n) is 7.96. The Morgan fingerprint density at radius 3 is 1.97 bits per heavy atom. The summed E-state index contributed by atoms with van der Waals surface area (Å²) in [6.07, 6.45) is 4.73. The van der Waals surface area contributed by atoms with E-state index in [0.29, 0.717) is 49.2 Å². The SMILES string of the molecule is CCOc1ccc(OC(=O)C2CCC(c3ccc(C4CCC(C(C)O)CC4)c(F)c3F)CC2)c(F)c1. The van der Waals surface area contributed by atoms with Gasteiger partial charge in [-0.15, -0.1) is 0 Å². The molecule has 4 rings (SSSR count). The average Bonchev–Trinajstić information content (AvgIpc) is 2.87. The van der Waals surface area contributed by atoms with E-state index in [-0.39, 0.29) is 29.6 Å². The summed E-state index contributed by atoms with van der Waals surface area (Å²) in [5, 5.41) is 9.80. The molecule has 4 nitrogen and oxygen atoms in total. The highest BCUT2D eigenvalue weighted by atomic mass is 19.2. The van der Waals surface area contributed by atoms with Gasteiger partial charge in [-0.05, 0) is 106 Å². The fourth-order valence-electron chi connectivity index (χ4n) is 5.78. The molecule has 1 N–H and O–H groups in total. The zero-order chi connectivity index (χ0) is 25.8. The van der Waals surface area contributed by atoms with Gasteiger partial charge in [0, 0.05) is 6.07 Å². The third kappa shape index (κ3) is 5.88. The van der Waals surface area contributed by atoms with Gasteiger partial charge in [-0.3, -0.25) is 4.79 Å². The molecule has 2 saturated carbocycles. The molecule has 7 heteroatoms. The van der Waals surface area contributed by atoms with Crippen molar-refractivity contribution in [2.45, 2.75) is 83.2 Å². The molecule has 0 aromatic heterocycles. The molecule has 2 aromatic rings. The van der Waals surface area contributed by atoms with Crippen LogP contribution in [0.1, 0.15) is 88.2 Å². The molecular weight excluding hydrogens is 469 g/mol. The minimum atomic E-state index is -0.785. The second-order valence-corrected chi connectivity index (χ2v) is 10.2. The fourth-order valence-corrected chi connectivity index (χ4v) is 5.78. The molecule has 0 heterocycles. The van der Waals surface area contributed by atoms with Gasteiger partial charge in [0.15, 0.2) is 23.2 Å². The van der Waals surface area contributed by atoms with Crippen LogP contribution in [-0.2, 0) is 4.79 Å². The Morgan fingerprint density at radius 2 is 1.47 bits per heavy atom. The highest BCUT2D eigenvalue weighted by Gasteiger charge is 2.33. The number of ether oxygens (including phenoxy) is 2. The van der Waals surface area contributed by atoms with E-state index in [1.165, 1.54) is 12.1 Å². The Labute approximate surface area is 210 Å². The summed E-state index contributed by atoms with van der Waals surface area (Å²) in [5.74, 6) is -2.90. The van der Waals surface area contributed by atoms with Gasteiger partial charge in [-0.2, -0.15) is 0 Å². The molecule has 0 amide bonds. The molecule has 2 aliphatic carbocycles. The predicted octanol–water partition coefficient (Wildman–Crippen LogP) is 7.04. The zero-order valence-electron chi connectivity index (χ0n) is 20.9. The maximum atomic E-state index is 15.1. The lowest BCUT2D eigenvalue weighted by Crippen LogP contribution is -2.26. The van der Waals surface area contributed by atoms with Crippen molar-refractivity contribution >= 4 is 5.97 Å². The first kappa shape index (κ1) is 26.5. The van der Waals surface area contributed by atoms with Crippen molar-refractivity contribution in [2.75, 3.05) is 6.61 Å². The van der Waals surface area contributed by atoms with Gasteiger partial charge in [0.25, 0.3) is 0 Å². The number of aliphatic hydroxyl groups excluding tert-OH is 1. The number of hydrogen-bond donors (Lipinski definition) is 1. The Hall–Kier alpha value is -2.54. The second kappa shape index (κ2) is 11.7. The van der Waals surface area contributed by atoms with Crippen molar-refractivity contribution in [3.63, 3.8) is 0 Å². The van der Waals surface area contributed by atoms with Crippen molar-refractivity contribution in [1.82, 2.24) is 0 Å². The van der Waals surface area contributed by atoms with Gasteiger partial charge in [-0.1, -0.05) is 12.1 Å². The van der Waals surface area contributed by atoms with Gasteiger partial charge in [-0.25, -0.2) is 13.2 Å². The topological polar surface area (TPSA) is 55.8 Å². The highest BCUT2D eigenvalue weighted by molar-refractivity contribution is 5.75. The molecule has 0 bridgehead atoms. The first-order valence-electron chi connectivity index (χ1n) is 13.1. The quantitative estimate of drug-likeness (QED) is 0.325. The highest BCUT2D eigenvalue weighted by Crippen LogP contribution is 2.42. The smallest absolute Gasteiger partial charge is 0.314 e. The van der Waals surface area contributed by atoms with Gasteiger partial charge in [0.1, 0.15) is 5.75 Å². The number of carbonyl (C=O) groups is 1. The number of carbonyl (C=O) groups excluding carboxylic acids is 1. The number of rotatable bonds is 7. The third-order valence-corrected chi connectivity index (χ3v) is 7.96. The van der Waals surface area contributed by atoms with Crippen LogP contribution in [0, 0.1) is 29.3 Å². The molecule has 36 heavy (non-hydrogen) atoms. The largest absolute Gasteiger partial charge is 0.494 e. The van der Waals surface area contributed by atoms with Crippen LogP contribution in [0.4, 0.5) is 13.2 Å². The number of aliphatic hydroxyl groups is 1. The molecular formula is C29H35F3O4. The maximum absolute atomic E-state index is 15.1. The summed E-state index contributed by atoms with van der Waals surface area (Å²) in [7, 11) is 0. The summed E-state index contributed by atoms with van der Waals surface area (Å²) >= 11 is 0. The van der Waals surface area contributed by atoms with Crippen LogP contribution < -0.4 is 9.47 Å². The summed E-state index contributed by atoms with van der Waals surface area (Å²) in [6, 6.07) is 7.53. The first-order chi connectivity index (χ1) is 17.3. The van der Waals surface area contributed by atoms with Crippen molar-refractivity contribution in [3.8, 4) is 11.5 Å². The van der Waals surface area contributed by atoms with Crippen LogP contribution in [0.3, 0.4) is 0 Å². The monoisotopic (exact) mass is 504 g/mol. The second-order valence-electron chi connectivity index (χ2n) is 10.2. The first-order valence-corrected chi connectivity index (χ1v) is 13.1. The van der Waals surface area contributed by atoms with Crippen molar-refractivity contribution in [3.05, 3.63) is 58.9 Å². The molecule has 0 aliphatic heterocycles. The lowest BCUT2D eigenvalue weighted by molar-refractivity contribution is -0.140. The zero-order valence-corrected chi connectivity index (χ0v) is 20.9. The lowest BCUT2D eigenvalue weighted by atomic mass is 9.75. The van der Waals surface area contributed by atoms with Gasteiger partial charge >= 0.3 is 5.97 Å². The van der Waals surface area contributed by atoms with Gasteiger partial charge in [0.2, 0.25) is 0 Å². The average molecular weight is 505 g/mol. The molecule has 0 spiro atoms. The molecule has 0 radical (unpaired) electrons. The van der Waals surface area contributed by atoms with E-state index in [4.69, 9.17) is 9.47 Å². The van der Waals surface area contributed by atoms with Gasteiger partial charge in [0.05, 0.1) is 18.6 Å². The number of esters is 1. The molecule has 2 aliphatic rings. The van der Waals surface area contributed by atoms with Crippen LogP contribution >= 0.6 is 0 Å². The summed E-state index contributed by atoms with van der Waals surface area (Å²) in [6.45, 7) is 3.98. The van der Waals surface area contributed by atoms with Crippen molar-refractivity contribution in [2.24, 2.45) is 11.8 Å². The predicted molar refractivity (Wildman–Crippen MR) is 131 cm³/mol. The van der Waals surface area contributed by atoms with Crippen LogP contribution in [0.15, 0.2) is 30.3 Å². The summed E-state index contributed by atoms with van der Waals surface area (Å²) < 4.78 is 55.0. The van der Waals surface area contributed by atoms with Gasteiger partial charge < -0.3 is 14.6 Å². The number of halogens is 3. The van der Waals surface area contributed by atoms with Crippen LogP contribution in [0.2, 0.25) is 0 Å². The van der Waals surface area contributed by atoms with Crippen molar-refractivity contribution < 1.29 is 32.5 Å². The molecule has 196 valence electrons. The van der Waals surface area contributed by atoms with E-state index >= 15 is 8.78 Å². The maximum Gasteiger partial charge on any atom is 0.314 e. The Bertz CT molecular complexity index is 1050. The number of benzene rings is 2. The van der Waals surface area contributed by atoms with E-state index in [0.717, 1.165) is 25.7 Å². The molecule has 1 atom stereocenters. The Kier molecular flexibility index (Phi) is 8.60. The van der Waals surface area contributed by atoms with E-state index in [1.807, 2.05) is 0 Å². The van der Waals surface area contributed by atoms with E-state index in [9.17, 15) is 14.3 Å². The van der Waals surface area contributed by atoms with E-state index in [2.05, 4.69) is 0 Å². The number of hydrogen-bond acceptors (Lipinski definition) is 4. The summed E-state index contributed by atoms with van der Waals surface area (Å²) in [5.41, 5.74) is 0.785. The minimum absolute atomic E-state index is 0.0305. The Morgan fingerprint density at radius 1 is 0.917 bits per heavy atom. The lowest BCUT2D eigenvalue weighted by Gasteiger charge is -2.31. The molecule has 2 aromatic carbocycles. The fraction of sp³-hybridized carbons (Fsp3) is 0.552. The van der Waals surface area contributed by atoms with Crippen LogP contribution in [-0.4, -0.2) is 23.8 Å². The van der Waals surface area contributed by atoms with E-state index < -0.39 is 29.3 Å². The van der Waals surface area contributed by atoms with Crippen molar-refractivity contribution in [1.29, 1.82) is 0 Å². The van der Waals surface area contributed by atoms with E-state index in [1.54, 1.807) is 32.0 Å². The molecule has 1 unspecified atom stereocenters. The normalized spacial score (nSPS) is 25.3. The molecule has 0 saturated heterocycles. The van der Waals surface area contributed by atoms with Crippen LogP contribution in [0.5, 0.6) is 11.5 Å². The summed E-state index contributed by atoms with van der Waals surface area (Å²) in [4.78, 5) is 12.6. The minimum Gasteiger partial charge on any atom is -0.494 e. The molecule has 2 fully saturated rings.